The average Bonchev–Trinajstić information content (AvgIpc) is 3.49. The molecule has 0 heterocycles. The SMILES string of the molecule is Cc1ccc(C2(c3ccc(C)cc3)C[C@H]2C(=O)NN=C2CCCCCC2)cc1. The first kappa shape index (κ1) is 18.9. The van der Waals surface area contributed by atoms with Gasteiger partial charge in [0.25, 0.3) is 0 Å². The Morgan fingerprint density at radius 2 is 1.36 bits per heavy atom. The molecule has 0 aromatic heterocycles. The number of nitrogens with zero attached hydrogens (tertiary/aromatic N) is 1. The molecule has 1 atom stereocenters. The van der Waals surface area contributed by atoms with Gasteiger partial charge in [0.1, 0.15) is 0 Å². The largest absolute Gasteiger partial charge is 0.273 e. The predicted octanol–water partition coefficient (Wildman–Crippen LogP) is 5.44. The minimum Gasteiger partial charge on any atom is -0.273 e. The first-order valence-corrected chi connectivity index (χ1v) is 10.6. The Balaban J connectivity index is 1.58. The van der Waals surface area contributed by atoms with Crippen molar-refractivity contribution >= 4 is 11.6 Å². The lowest BCUT2D eigenvalue weighted by molar-refractivity contribution is -0.122. The lowest BCUT2D eigenvalue weighted by Crippen LogP contribution is -2.26. The number of nitrogens with one attached hydrogen (secondary N) is 1. The maximum absolute atomic E-state index is 13.0. The molecular formula is C25H30N2O. The summed E-state index contributed by atoms with van der Waals surface area (Å²) in [6.45, 7) is 4.20. The Morgan fingerprint density at radius 1 is 0.857 bits per heavy atom. The van der Waals surface area contributed by atoms with E-state index in [4.69, 9.17) is 0 Å². The van der Waals surface area contributed by atoms with Crippen LogP contribution in [-0.4, -0.2) is 11.6 Å². The van der Waals surface area contributed by atoms with Gasteiger partial charge in [0.05, 0.1) is 5.92 Å². The number of hydrogen-bond acceptors (Lipinski definition) is 2. The lowest BCUT2D eigenvalue weighted by Gasteiger charge is -2.19. The van der Waals surface area contributed by atoms with Gasteiger partial charge in [-0.2, -0.15) is 5.10 Å². The standard InChI is InChI=1S/C25H30N2O/c1-18-9-13-20(14-10-18)25(21-15-11-19(2)12-16-21)17-23(25)24(28)27-26-22-7-5-3-4-6-8-22/h9-16,23H,3-8,17H2,1-2H3,(H,27,28)/t23-/m0/s1. The normalized spacial score (nSPS) is 20.9. The Hall–Kier alpha value is -2.42. The summed E-state index contributed by atoms with van der Waals surface area (Å²) in [5.41, 5.74) is 8.77. The minimum absolute atomic E-state index is 0.0536. The molecule has 3 heteroatoms. The smallest absolute Gasteiger partial charge is 0.244 e. The number of amides is 1. The van der Waals surface area contributed by atoms with E-state index >= 15 is 0 Å². The van der Waals surface area contributed by atoms with Crippen molar-refractivity contribution < 1.29 is 4.79 Å². The molecule has 28 heavy (non-hydrogen) atoms. The van der Waals surface area contributed by atoms with Crippen LogP contribution in [0.5, 0.6) is 0 Å². The molecule has 1 N–H and O–H groups in total. The Morgan fingerprint density at radius 3 is 1.86 bits per heavy atom. The Bertz CT molecular complexity index is 809. The lowest BCUT2D eigenvalue weighted by atomic mass is 9.85. The van der Waals surface area contributed by atoms with E-state index < -0.39 is 0 Å². The van der Waals surface area contributed by atoms with Crippen molar-refractivity contribution in [2.75, 3.05) is 0 Å². The van der Waals surface area contributed by atoms with Crippen LogP contribution in [-0.2, 0) is 10.2 Å². The van der Waals surface area contributed by atoms with E-state index in [0.717, 1.165) is 25.0 Å². The van der Waals surface area contributed by atoms with Crippen LogP contribution in [0.15, 0.2) is 53.6 Å². The quantitative estimate of drug-likeness (QED) is 0.562. The number of hydrazone groups is 1. The summed E-state index contributed by atoms with van der Waals surface area (Å²) in [4.78, 5) is 13.0. The van der Waals surface area contributed by atoms with Gasteiger partial charge >= 0.3 is 0 Å². The fourth-order valence-electron chi connectivity index (χ4n) is 4.55. The first-order valence-electron chi connectivity index (χ1n) is 10.6. The van der Waals surface area contributed by atoms with Crippen molar-refractivity contribution in [1.29, 1.82) is 0 Å². The Labute approximate surface area is 168 Å². The third-order valence-electron chi connectivity index (χ3n) is 6.42. The molecule has 2 aliphatic carbocycles. The topological polar surface area (TPSA) is 41.5 Å². The van der Waals surface area contributed by atoms with E-state index in [9.17, 15) is 4.79 Å². The van der Waals surface area contributed by atoms with E-state index in [-0.39, 0.29) is 17.2 Å². The highest BCUT2D eigenvalue weighted by atomic mass is 16.2. The summed E-state index contributed by atoms with van der Waals surface area (Å²) >= 11 is 0. The highest BCUT2D eigenvalue weighted by Gasteiger charge is 2.60. The zero-order valence-electron chi connectivity index (χ0n) is 17.0. The van der Waals surface area contributed by atoms with E-state index in [1.807, 2.05) is 0 Å². The zero-order chi connectivity index (χ0) is 19.6. The van der Waals surface area contributed by atoms with Gasteiger partial charge in [0.15, 0.2) is 0 Å². The maximum atomic E-state index is 13.0. The second-order valence-corrected chi connectivity index (χ2v) is 8.53. The molecule has 2 fully saturated rings. The van der Waals surface area contributed by atoms with Crippen molar-refractivity contribution in [3.8, 4) is 0 Å². The molecule has 3 nitrogen and oxygen atoms in total. The molecule has 0 spiro atoms. The van der Waals surface area contributed by atoms with Crippen molar-refractivity contribution in [3.05, 3.63) is 70.8 Å². The highest BCUT2D eigenvalue weighted by molar-refractivity contribution is 5.89. The van der Waals surface area contributed by atoms with E-state index in [1.165, 1.54) is 47.9 Å². The number of rotatable bonds is 4. The summed E-state index contributed by atoms with van der Waals surface area (Å²) in [6, 6.07) is 17.3. The van der Waals surface area contributed by atoms with E-state index in [2.05, 4.69) is 72.9 Å². The van der Waals surface area contributed by atoms with E-state index in [1.54, 1.807) is 0 Å². The highest BCUT2D eigenvalue weighted by Crippen LogP contribution is 2.59. The van der Waals surface area contributed by atoms with Gasteiger partial charge in [-0.05, 0) is 57.1 Å². The average molecular weight is 375 g/mol. The molecule has 4 rings (SSSR count). The monoisotopic (exact) mass is 374 g/mol. The Kier molecular flexibility index (Phi) is 5.34. The van der Waals surface area contributed by atoms with Crippen LogP contribution in [0, 0.1) is 19.8 Å². The molecule has 0 unspecified atom stereocenters. The molecule has 2 aromatic rings. The summed E-state index contributed by atoms with van der Waals surface area (Å²) in [5, 5.41) is 4.50. The molecule has 1 amide bonds. The fourth-order valence-corrected chi connectivity index (χ4v) is 4.55. The van der Waals surface area contributed by atoms with Crippen molar-refractivity contribution in [1.82, 2.24) is 5.43 Å². The minimum atomic E-state index is -0.227. The van der Waals surface area contributed by atoms with Gasteiger partial charge in [0.2, 0.25) is 5.91 Å². The van der Waals surface area contributed by atoms with Gasteiger partial charge in [-0.3, -0.25) is 4.79 Å². The van der Waals surface area contributed by atoms with Crippen LogP contribution in [0.2, 0.25) is 0 Å². The molecule has 0 aliphatic heterocycles. The van der Waals surface area contributed by atoms with Gasteiger partial charge < -0.3 is 0 Å². The molecule has 146 valence electrons. The number of carbonyl (C=O) groups is 1. The van der Waals surface area contributed by atoms with Crippen molar-refractivity contribution in [2.24, 2.45) is 11.0 Å². The van der Waals surface area contributed by atoms with Gasteiger partial charge in [0, 0.05) is 11.1 Å². The van der Waals surface area contributed by atoms with Gasteiger partial charge in [-0.15, -0.1) is 0 Å². The van der Waals surface area contributed by atoms with Crippen molar-refractivity contribution in [3.63, 3.8) is 0 Å². The summed E-state index contributed by atoms with van der Waals surface area (Å²) in [5.74, 6) is -0.00839. The maximum Gasteiger partial charge on any atom is 0.244 e. The van der Waals surface area contributed by atoms with Crippen LogP contribution >= 0.6 is 0 Å². The van der Waals surface area contributed by atoms with Crippen LogP contribution in [0.25, 0.3) is 0 Å². The second-order valence-electron chi connectivity index (χ2n) is 8.53. The number of benzene rings is 2. The third kappa shape index (κ3) is 3.76. The summed E-state index contributed by atoms with van der Waals surface area (Å²) in [7, 11) is 0. The molecule has 0 saturated heterocycles. The van der Waals surface area contributed by atoms with Crippen LogP contribution in [0.4, 0.5) is 0 Å². The fraction of sp³-hybridized carbons (Fsp3) is 0.440. The molecule has 0 radical (unpaired) electrons. The number of carbonyl (C=O) groups excluding carboxylic acids is 1. The molecular weight excluding hydrogens is 344 g/mol. The molecule has 2 saturated carbocycles. The summed E-state index contributed by atoms with van der Waals surface area (Å²) < 4.78 is 0. The zero-order valence-corrected chi connectivity index (χ0v) is 17.0. The predicted molar refractivity (Wildman–Crippen MR) is 115 cm³/mol. The van der Waals surface area contributed by atoms with Crippen LogP contribution in [0.3, 0.4) is 0 Å². The molecule has 0 bridgehead atoms. The third-order valence-corrected chi connectivity index (χ3v) is 6.42. The van der Waals surface area contributed by atoms with Crippen LogP contribution < -0.4 is 5.43 Å². The number of aryl methyl sites for hydroxylation is 2. The van der Waals surface area contributed by atoms with Gasteiger partial charge in [-0.1, -0.05) is 72.5 Å². The first-order chi connectivity index (χ1) is 13.6. The summed E-state index contributed by atoms with van der Waals surface area (Å²) in [6.07, 6.45) is 7.82. The van der Waals surface area contributed by atoms with E-state index in [0.29, 0.717) is 0 Å². The van der Waals surface area contributed by atoms with Gasteiger partial charge in [-0.25, -0.2) is 5.43 Å². The number of hydrogen-bond donors (Lipinski definition) is 1. The molecule has 2 aliphatic rings. The molecule has 2 aromatic carbocycles. The van der Waals surface area contributed by atoms with Crippen LogP contribution in [0.1, 0.15) is 67.2 Å². The van der Waals surface area contributed by atoms with Crippen molar-refractivity contribution in [2.45, 2.75) is 64.2 Å². The second kappa shape index (κ2) is 7.90.